The highest BCUT2D eigenvalue weighted by Crippen LogP contribution is 2.41. The molecule has 0 aliphatic carbocycles. The van der Waals surface area contributed by atoms with Crippen LogP contribution in [0.3, 0.4) is 0 Å². The van der Waals surface area contributed by atoms with Gasteiger partial charge in [0.1, 0.15) is 0 Å². The minimum absolute atomic E-state index is 1.06. The van der Waals surface area contributed by atoms with Gasteiger partial charge in [-0.25, -0.2) is 0 Å². The lowest BCUT2D eigenvalue weighted by atomic mass is 9.89. The number of hydrogen-bond acceptors (Lipinski definition) is 1. The molecule has 0 atom stereocenters. The van der Waals surface area contributed by atoms with Gasteiger partial charge in [-0.3, -0.25) is 0 Å². The maximum atomic E-state index is 3.78. The van der Waals surface area contributed by atoms with Gasteiger partial charge < -0.3 is 5.32 Å². The van der Waals surface area contributed by atoms with Crippen molar-refractivity contribution in [3.05, 3.63) is 170 Å². The maximum Gasteiger partial charge on any atom is 0.0396 e. The van der Waals surface area contributed by atoms with Gasteiger partial charge >= 0.3 is 0 Å². The standard InChI is InChI=1S/C44H29N/c1-3-17-34-29(12-1)14-10-24-37(34)43-28-33(27-30-13-2-4-18-35(30)43)45-32-16-9-15-31(26-32)36-23-11-25-42-40-20-6-5-19-38(40)39-21-7-8-22-41(39)44(36)42/h1-28,45H. The molecule has 0 bridgehead atoms. The quantitative estimate of drug-likeness (QED) is 0.207. The van der Waals surface area contributed by atoms with Crippen molar-refractivity contribution in [1.82, 2.24) is 0 Å². The van der Waals surface area contributed by atoms with E-state index in [0.29, 0.717) is 0 Å². The monoisotopic (exact) mass is 571 g/mol. The van der Waals surface area contributed by atoms with Crippen LogP contribution in [0.25, 0.3) is 76.1 Å². The van der Waals surface area contributed by atoms with Crippen LogP contribution in [0.15, 0.2) is 170 Å². The molecule has 210 valence electrons. The van der Waals surface area contributed by atoms with Crippen LogP contribution in [-0.2, 0) is 0 Å². The third kappa shape index (κ3) is 4.24. The van der Waals surface area contributed by atoms with E-state index in [9.17, 15) is 0 Å². The molecule has 1 heteroatoms. The molecule has 0 unspecified atom stereocenters. The highest BCUT2D eigenvalue weighted by Gasteiger charge is 2.14. The first-order chi connectivity index (χ1) is 22.3. The van der Waals surface area contributed by atoms with Crippen molar-refractivity contribution in [1.29, 1.82) is 0 Å². The molecule has 0 aromatic heterocycles. The van der Waals surface area contributed by atoms with E-state index in [1.165, 1.54) is 76.1 Å². The van der Waals surface area contributed by atoms with E-state index in [1.807, 2.05) is 0 Å². The first-order valence-electron chi connectivity index (χ1n) is 15.5. The van der Waals surface area contributed by atoms with Gasteiger partial charge in [-0.1, -0.05) is 146 Å². The molecule has 45 heavy (non-hydrogen) atoms. The van der Waals surface area contributed by atoms with E-state index >= 15 is 0 Å². The zero-order chi connectivity index (χ0) is 29.7. The second-order valence-electron chi connectivity index (χ2n) is 11.8. The molecule has 0 aliphatic rings. The van der Waals surface area contributed by atoms with Crippen LogP contribution in [0.5, 0.6) is 0 Å². The predicted molar refractivity (Wildman–Crippen MR) is 195 cm³/mol. The highest BCUT2D eigenvalue weighted by atomic mass is 14.9. The number of hydrogen-bond donors (Lipinski definition) is 1. The number of nitrogens with one attached hydrogen (secondary N) is 1. The van der Waals surface area contributed by atoms with Crippen LogP contribution in [0.4, 0.5) is 11.4 Å². The Labute approximate surface area is 262 Å². The molecule has 0 fully saturated rings. The van der Waals surface area contributed by atoms with Gasteiger partial charge in [0.05, 0.1) is 0 Å². The minimum Gasteiger partial charge on any atom is -0.355 e. The molecular weight excluding hydrogens is 542 g/mol. The van der Waals surface area contributed by atoms with Gasteiger partial charge in [0.2, 0.25) is 0 Å². The molecule has 1 nitrogen and oxygen atoms in total. The van der Waals surface area contributed by atoms with Crippen molar-refractivity contribution < 1.29 is 0 Å². The summed E-state index contributed by atoms with van der Waals surface area (Å²) >= 11 is 0. The summed E-state index contributed by atoms with van der Waals surface area (Å²) < 4.78 is 0. The van der Waals surface area contributed by atoms with Crippen LogP contribution < -0.4 is 5.32 Å². The normalized spacial score (nSPS) is 11.6. The highest BCUT2D eigenvalue weighted by molar-refractivity contribution is 6.28. The molecule has 0 radical (unpaired) electrons. The third-order valence-corrected chi connectivity index (χ3v) is 9.17. The van der Waals surface area contributed by atoms with E-state index in [4.69, 9.17) is 0 Å². The molecular formula is C44H29N. The Balaban J connectivity index is 1.20. The summed E-state index contributed by atoms with van der Waals surface area (Å²) in [6, 6.07) is 61.6. The molecule has 0 heterocycles. The molecule has 1 N–H and O–H groups in total. The fourth-order valence-electron chi connectivity index (χ4n) is 7.19. The lowest BCUT2D eigenvalue weighted by molar-refractivity contribution is 1.56. The SMILES string of the molecule is c1cc(Nc2cc(-c3cccc4ccccc34)c3ccccc3c2)cc(-c2cccc3c4ccccc4c4ccccc4c23)c1. The first kappa shape index (κ1) is 25.6. The Morgan fingerprint density at radius 3 is 1.56 bits per heavy atom. The van der Waals surface area contributed by atoms with Crippen molar-refractivity contribution in [3.63, 3.8) is 0 Å². The predicted octanol–water partition coefficient (Wildman–Crippen LogP) is 12.5. The Morgan fingerprint density at radius 1 is 0.289 bits per heavy atom. The van der Waals surface area contributed by atoms with Gasteiger partial charge in [0.15, 0.2) is 0 Å². The van der Waals surface area contributed by atoms with E-state index < -0.39 is 0 Å². The van der Waals surface area contributed by atoms with Crippen molar-refractivity contribution >= 4 is 65.2 Å². The van der Waals surface area contributed by atoms with Crippen LogP contribution >= 0.6 is 0 Å². The molecule has 0 aliphatic heterocycles. The van der Waals surface area contributed by atoms with Gasteiger partial charge in [0.25, 0.3) is 0 Å². The smallest absolute Gasteiger partial charge is 0.0396 e. The lowest BCUT2D eigenvalue weighted by Crippen LogP contribution is -1.93. The number of benzene rings is 9. The Bertz CT molecular complexity index is 2530. The summed E-state index contributed by atoms with van der Waals surface area (Å²) in [4.78, 5) is 0. The Kier molecular flexibility index (Phi) is 5.89. The number of anilines is 2. The average Bonchev–Trinajstić information content (AvgIpc) is 3.11. The third-order valence-electron chi connectivity index (χ3n) is 9.17. The maximum absolute atomic E-state index is 3.78. The van der Waals surface area contributed by atoms with E-state index in [-0.39, 0.29) is 0 Å². The summed E-state index contributed by atoms with van der Waals surface area (Å²) in [5.74, 6) is 0. The lowest BCUT2D eigenvalue weighted by Gasteiger charge is -2.16. The Morgan fingerprint density at radius 2 is 0.800 bits per heavy atom. The summed E-state index contributed by atoms with van der Waals surface area (Å²) in [5.41, 5.74) is 7.05. The van der Waals surface area contributed by atoms with Gasteiger partial charge in [0, 0.05) is 11.4 Å². The first-order valence-corrected chi connectivity index (χ1v) is 15.5. The Hall–Kier alpha value is -5.92. The second-order valence-corrected chi connectivity index (χ2v) is 11.8. The van der Waals surface area contributed by atoms with E-state index in [2.05, 4.69) is 175 Å². The van der Waals surface area contributed by atoms with Crippen LogP contribution in [0.2, 0.25) is 0 Å². The number of rotatable bonds is 4. The van der Waals surface area contributed by atoms with Crippen molar-refractivity contribution in [2.24, 2.45) is 0 Å². The van der Waals surface area contributed by atoms with Gasteiger partial charge in [-0.15, -0.1) is 0 Å². The van der Waals surface area contributed by atoms with Gasteiger partial charge in [-0.2, -0.15) is 0 Å². The zero-order valence-corrected chi connectivity index (χ0v) is 24.7. The fourth-order valence-corrected chi connectivity index (χ4v) is 7.19. The molecule has 0 amide bonds. The van der Waals surface area contributed by atoms with Crippen molar-refractivity contribution in [3.8, 4) is 22.3 Å². The fraction of sp³-hybridized carbons (Fsp3) is 0. The summed E-state index contributed by atoms with van der Waals surface area (Å²) in [5, 5.41) is 16.5. The van der Waals surface area contributed by atoms with Crippen molar-refractivity contribution in [2.45, 2.75) is 0 Å². The number of fused-ring (bicyclic) bond motifs is 8. The summed E-state index contributed by atoms with van der Waals surface area (Å²) in [6.07, 6.45) is 0. The van der Waals surface area contributed by atoms with E-state index in [0.717, 1.165) is 11.4 Å². The average molecular weight is 572 g/mol. The second kappa shape index (κ2) is 10.4. The van der Waals surface area contributed by atoms with E-state index in [1.54, 1.807) is 0 Å². The molecule has 0 saturated heterocycles. The molecule has 9 aromatic carbocycles. The van der Waals surface area contributed by atoms with Gasteiger partial charge in [-0.05, 0) is 100 Å². The molecule has 0 saturated carbocycles. The summed E-state index contributed by atoms with van der Waals surface area (Å²) in [6.45, 7) is 0. The molecule has 9 aromatic rings. The largest absolute Gasteiger partial charge is 0.355 e. The summed E-state index contributed by atoms with van der Waals surface area (Å²) in [7, 11) is 0. The van der Waals surface area contributed by atoms with Crippen LogP contribution in [0.1, 0.15) is 0 Å². The molecule has 0 spiro atoms. The topological polar surface area (TPSA) is 12.0 Å². The van der Waals surface area contributed by atoms with Crippen LogP contribution in [-0.4, -0.2) is 0 Å². The zero-order valence-electron chi connectivity index (χ0n) is 24.7. The minimum atomic E-state index is 1.06. The van der Waals surface area contributed by atoms with Crippen LogP contribution in [0, 0.1) is 0 Å². The molecule has 9 rings (SSSR count). The van der Waals surface area contributed by atoms with Crippen molar-refractivity contribution in [2.75, 3.05) is 5.32 Å².